The lowest BCUT2D eigenvalue weighted by Gasteiger charge is -2.28. The van der Waals surface area contributed by atoms with Crippen molar-refractivity contribution in [2.24, 2.45) is 0 Å². The van der Waals surface area contributed by atoms with Crippen molar-refractivity contribution in [3.05, 3.63) is 247 Å². The summed E-state index contributed by atoms with van der Waals surface area (Å²) in [6, 6.07) is 84.4. The van der Waals surface area contributed by atoms with Gasteiger partial charge in [-0.1, -0.05) is 188 Å². The third kappa shape index (κ3) is 5.94. The standard InChI is InChI=1S/C58H41N/c1-58(49-16-3-2-4-17-49)55-20-10-9-18-54(55)57-53(19-11-21-56(57)58)45-31-35-51(36-32-45)59(52-37-30-41-13-6-8-15-47(41)39-52)50-33-28-43(29-34-50)42-22-24-44(25-23-42)48-27-26-40-12-5-7-14-46(40)38-48/h2-39H,1H3. The molecule has 0 heterocycles. The van der Waals surface area contributed by atoms with E-state index < -0.39 is 0 Å². The molecule has 278 valence electrons. The minimum Gasteiger partial charge on any atom is -0.310 e. The number of hydrogen-bond donors (Lipinski definition) is 0. The van der Waals surface area contributed by atoms with E-state index in [2.05, 4.69) is 242 Å². The molecule has 0 aliphatic heterocycles. The van der Waals surface area contributed by atoms with E-state index in [9.17, 15) is 0 Å². The first-order chi connectivity index (χ1) is 29.1. The molecule has 0 fully saturated rings. The Morgan fingerprint density at radius 3 is 1.44 bits per heavy atom. The third-order valence-electron chi connectivity index (χ3n) is 12.5. The van der Waals surface area contributed by atoms with Gasteiger partial charge in [0.05, 0.1) is 0 Å². The summed E-state index contributed by atoms with van der Waals surface area (Å²) in [7, 11) is 0. The molecule has 0 amide bonds. The molecule has 0 radical (unpaired) electrons. The Labute approximate surface area is 346 Å². The van der Waals surface area contributed by atoms with Crippen molar-refractivity contribution in [3.63, 3.8) is 0 Å². The van der Waals surface area contributed by atoms with Crippen molar-refractivity contribution in [2.75, 3.05) is 4.90 Å². The maximum Gasteiger partial charge on any atom is 0.0468 e. The van der Waals surface area contributed by atoms with Gasteiger partial charge in [-0.3, -0.25) is 0 Å². The maximum atomic E-state index is 2.38. The third-order valence-corrected chi connectivity index (χ3v) is 12.5. The van der Waals surface area contributed by atoms with Crippen LogP contribution in [0.15, 0.2) is 231 Å². The number of hydrogen-bond acceptors (Lipinski definition) is 1. The van der Waals surface area contributed by atoms with Crippen LogP contribution < -0.4 is 4.90 Å². The first-order valence-corrected chi connectivity index (χ1v) is 20.5. The number of rotatable bonds is 7. The van der Waals surface area contributed by atoms with E-state index in [1.54, 1.807) is 0 Å². The van der Waals surface area contributed by atoms with Crippen molar-refractivity contribution < 1.29 is 0 Å². The molecule has 0 bridgehead atoms. The van der Waals surface area contributed by atoms with Gasteiger partial charge < -0.3 is 4.90 Å². The summed E-state index contributed by atoms with van der Waals surface area (Å²) in [5.74, 6) is 0. The molecule has 1 unspecified atom stereocenters. The predicted molar refractivity (Wildman–Crippen MR) is 250 cm³/mol. The van der Waals surface area contributed by atoms with Gasteiger partial charge in [0.15, 0.2) is 0 Å². The van der Waals surface area contributed by atoms with E-state index in [1.165, 1.54) is 82.7 Å². The van der Waals surface area contributed by atoms with E-state index in [1.807, 2.05) is 0 Å². The molecule has 1 heteroatoms. The molecule has 11 rings (SSSR count). The molecule has 0 saturated carbocycles. The smallest absolute Gasteiger partial charge is 0.0468 e. The van der Waals surface area contributed by atoms with Crippen LogP contribution in [-0.2, 0) is 5.41 Å². The van der Waals surface area contributed by atoms with Gasteiger partial charge in [-0.15, -0.1) is 0 Å². The molecule has 1 atom stereocenters. The Bertz CT molecular complexity index is 3140. The molecular formula is C58H41N. The maximum absolute atomic E-state index is 2.38. The predicted octanol–water partition coefficient (Wildman–Crippen LogP) is 15.8. The van der Waals surface area contributed by atoms with Gasteiger partial charge in [-0.05, 0) is 132 Å². The number of fused-ring (bicyclic) bond motifs is 5. The van der Waals surface area contributed by atoms with Gasteiger partial charge in [-0.2, -0.15) is 0 Å². The highest BCUT2D eigenvalue weighted by atomic mass is 15.1. The van der Waals surface area contributed by atoms with Gasteiger partial charge in [0, 0.05) is 22.5 Å². The summed E-state index contributed by atoms with van der Waals surface area (Å²) >= 11 is 0. The van der Waals surface area contributed by atoms with Crippen LogP contribution in [0, 0.1) is 0 Å². The molecule has 10 aromatic carbocycles. The Morgan fingerprint density at radius 1 is 0.305 bits per heavy atom. The highest BCUT2D eigenvalue weighted by molar-refractivity contribution is 5.95. The summed E-state index contributed by atoms with van der Waals surface area (Å²) < 4.78 is 0. The monoisotopic (exact) mass is 751 g/mol. The van der Waals surface area contributed by atoms with Crippen LogP contribution in [0.1, 0.15) is 23.6 Å². The first kappa shape index (κ1) is 34.7. The average Bonchev–Trinajstić information content (AvgIpc) is 3.58. The minimum atomic E-state index is -0.235. The summed E-state index contributed by atoms with van der Waals surface area (Å²) in [6.07, 6.45) is 0. The number of benzene rings is 10. The zero-order valence-corrected chi connectivity index (χ0v) is 32.9. The zero-order chi connectivity index (χ0) is 39.3. The Morgan fingerprint density at radius 2 is 0.763 bits per heavy atom. The quantitative estimate of drug-likeness (QED) is 0.157. The molecule has 1 aliphatic carbocycles. The Balaban J connectivity index is 0.955. The Hall–Kier alpha value is -7.48. The van der Waals surface area contributed by atoms with Crippen LogP contribution in [0.25, 0.3) is 66.1 Å². The summed E-state index contributed by atoms with van der Waals surface area (Å²) in [5, 5.41) is 4.97. The molecule has 0 N–H and O–H groups in total. The largest absolute Gasteiger partial charge is 0.310 e. The highest BCUT2D eigenvalue weighted by Crippen LogP contribution is 2.55. The molecule has 0 spiro atoms. The minimum absolute atomic E-state index is 0.235. The highest BCUT2D eigenvalue weighted by Gasteiger charge is 2.41. The second-order valence-electron chi connectivity index (χ2n) is 15.9. The van der Waals surface area contributed by atoms with Crippen molar-refractivity contribution in [2.45, 2.75) is 12.3 Å². The van der Waals surface area contributed by atoms with E-state index in [0.717, 1.165) is 17.1 Å². The van der Waals surface area contributed by atoms with Gasteiger partial charge >= 0.3 is 0 Å². The summed E-state index contributed by atoms with van der Waals surface area (Å²) in [5.41, 5.74) is 17.1. The summed E-state index contributed by atoms with van der Waals surface area (Å²) in [4.78, 5) is 2.38. The van der Waals surface area contributed by atoms with E-state index in [-0.39, 0.29) is 5.41 Å². The molecule has 0 aromatic heterocycles. The molecule has 1 aliphatic rings. The molecular weight excluding hydrogens is 711 g/mol. The van der Waals surface area contributed by atoms with E-state index in [0.29, 0.717) is 0 Å². The zero-order valence-electron chi connectivity index (χ0n) is 32.9. The van der Waals surface area contributed by atoms with Crippen molar-refractivity contribution >= 4 is 38.6 Å². The fourth-order valence-electron chi connectivity index (χ4n) is 9.44. The van der Waals surface area contributed by atoms with E-state index >= 15 is 0 Å². The molecule has 10 aromatic rings. The van der Waals surface area contributed by atoms with Crippen molar-refractivity contribution in [1.29, 1.82) is 0 Å². The van der Waals surface area contributed by atoms with Crippen LogP contribution >= 0.6 is 0 Å². The average molecular weight is 752 g/mol. The summed E-state index contributed by atoms with van der Waals surface area (Å²) in [6.45, 7) is 2.38. The second-order valence-corrected chi connectivity index (χ2v) is 15.9. The lowest BCUT2D eigenvalue weighted by molar-refractivity contribution is 0.714. The van der Waals surface area contributed by atoms with E-state index in [4.69, 9.17) is 0 Å². The second kappa shape index (κ2) is 14.2. The van der Waals surface area contributed by atoms with Gasteiger partial charge in [0.2, 0.25) is 0 Å². The van der Waals surface area contributed by atoms with Crippen LogP contribution in [0.4, 0.5) is 17.1 Å². The lowest BCUT2D eigenvalue weighted by atomic mass is 9.74. The first-order valence-electron chi connectivity index (χ1n) is 20.5. The normalized spacial score (nSPS) is 14.3. The topological polar surface area (TPSA) is 3.24 Å². The number of nitrogens with zero attached hydrogens (tertiary/aromatic N) is 1. The van der Waals surface area contributed by atoms with Crippen molar-refractivity contribution in [3.8, 4) is 44.5 Å². The Kier molecular flexibility index (Phi) is 8.34. The van der Waals surface area contributed by atoms with Gasteiger partial charge in [0.1, 0.15) is 0 Å². The fraction of sp³-hybridized carbons (Fsp3) is 0.0345. The molecule has 1 nitrogen and oxygen atoms in total. The number of anilines is 3. The lowest BCUT2D eigenvalue weighted by Crippen LogP contribution is -2.22. The van der Waals surface area contributed by atoms with Gasteiger partial charge in [-0.25, -0.2) is 0 Å². The molecule has 59 heavy (non-hydrogen) atoms. The van der Waals surface area contributed by atoms with Gasteiger partial charge in [0.25, 0.3) is 0 Å². The fourth-order valence-corrected chi connectivity index (χ4v) is 9.44. The van der Waals surface area contributed by atoms with Crippen LogP contribution in [0.2, 0.25) is 0 Å². The van der Waals surface area contributed by atoms with Crippen LogP contribution in [0.3, 0.4) is 0 Å². The van der Waals surface area contributed by atoms with Crippen LogP contribution in [-0.4, -0.2) is 0 Å². The molecule has 0 saturated heterocycles. The van der Waals surface area contributed by atoms with Crippen molar-refractivity contribution in [1.82, 2.24) is 0 Å². The SMILES string of the molecule is CC1(c2ccccc2)c2ccccc2-c2c(-c3ccc(N(c4ccc(-c5ccc(-c6ccc7ccccc7c6)cc5)cc4)c4ccc5ccccc5c4)cc3)cccc21. The van der Waals surface area contributed by atoms with Crippen LogP contribution in [0.5, 0.6) is 0 Å².